The minimum atomic E-state index is -0.147. The van der Waals surface area contributed by atoms with Gasteiger partial charge in [0.15, 0.2) is 0 Å². The van der Waals surface area contributed by atoms with Gasteiger partial charge in [-0.2, -0.15) is 0 Å². The van der Waals surface area contributed by atoms with Gasteiger partial charge in [-0.25, -0.2) is 4.98 Å². The number of nitrogens with zero attached hydrogens (tertiary/aromatic N) is 2. The summed E-state index contributed by atoms with van der Waals surface area (Å²) < 4.78 is 1.86. The van der Waals surface area contributed by atoms with Gasteiger partial charge < -0.3 is 14.9 Å². The van der Waals surface area contributed by atoms with Gasteiger partial charge in [0.05, 0.1) is 11.6 Å². The third-order valence-electron chi connectivity index (χ3n) is 2.53. The first-order valence-corrected chi connectivity index (χ1v) is 6.20. The molecular weight excluding hydrogens is 252 g/mol. The van der Waals surface area contributed by atoms with E-state index >= 15 is 0 Å². The highest BCUT2D eigenvalue weighted by molar-refractivity contribution is 6.31. The van der Waals surface area contributed by atoms with Gasteiger partial charge in [-0.3, -0.25) is 4.79 Å². The van der Waals surface area contributed by atoms with Gasteiger partial charge in [0.2, 0.25) is 0 Å². The molecule has 0 radical (unpaired) electrons. The number of hydrogen-bond donors (Lipinski definition) is 2. The molecule has 1 amide bonds. The summed E-state index contributed by atoms with van der Waals surface area (Å²) in [5, 5.41) is 3.38. The van der Waals surface area contributed by atoms with Crippen molar-refractivity contribution in [2.75, 3.05) is 0 Å². The zero-order valence-corrected chi connectivity index (χ0v) is 10.9. The van der Waals surface area contributed by atoms with Crippen LogP contribution in [0.3, 0.4) is 0 Å². The van der Waals surface area contributed by atoms with E-state index < -0.39 is 0 Å². The van der Waals surface area contributed by atoms with E-state index in [2.05, 4.69) is 22.2 Å². The van der Waals surface area contributed by atoms with E-state index in [4.69, 9.17) is 11.6 Å². The number of nitrogens with one attached hydrogen (secondary N) is 2. The number of H-pyrrole nitrogens is 1. The van der Waals surface area contributed by atoms with Crippen molar-refractivity contribution >= 4 is 17.5 Å². The maximum Gasteiger partial charge on any atom is 0.268 e. The molecule has 0 spiro atoms. The Bertz CT molecular complexity index is 518. The molecule has 2 aromatic heterocycles. The van der Waals surface area contributed by atoms with Crippen LogP contribution >= 0.6 is 11.6 Å². The Morgan fingerprint density at radius 3 is 3.11 bits per heavy atom. The predicted molar refractivity (Wildman–Crippen MR) is 69.5 cm³/mol. The van der Waals surface area contributed by atoms with Crippen LogP contribution in [-0.4, -0.2) is 20.4 Å². The first-order chi connectivity index (χ1) is 8.70. The molecule has 6 heteroatoms. The van der Waals surface area contributed by atoms with Crippen LogP contribution < -0.4 is 5.32 Å². The number of amides is 1. The minimum Gasteiger partial charge on any atom is -0.347 e. The van der Waals surface area contributed by atoms with Crippen LogP contribution in [0.4, 0.5) is 0 Å². The number of halogens is 1. The van der Waals surface area contributed by atoms with Crippen molar-refractivity contribution in [2.45, 2.75) is 26.4 Å². The third kappa shape index (κ3) is 2.92. The fourth-order valence-electron chi connectivity index (χ4n) is 1.74. The Labute approximate surface area is 110 Å². The number of hydrogen-bond acceptors (Lipinski definition) is 2. The SMILES string of the molecule is CCCn1cc(Cl)cc1C(=O)NCc1ncc[nH]1. The van der Waals surface area contributed by atoms with Crippen LogP contribution in [0.2, 0.25) is 5.02 Å². The summed E-state index contributed by atoms with van der Waals surface area (Å²) in [6.45, 7) is 3.20. The molecule has 2 heterocycles. The Morgan fingerprint density at radius 2 is 2.44 bits per heavy atom. The molecule has 2 aromatic rings. The Morgan fingerprint density at radius 1 is 1.61 bits per heavy atom. The largest absolute Gasteiger partial charge is 0.347 e. The number of carbonyl (C=O) groups is 1. The summed E-state index contributed by atoms with van der Waals surface area (Å²) in [6, 6.07) is 1.68. The van der Waals surface area contributed by atoms with Gasteiger partial charge >= 0.3 is 0 Å². The normalized spacial score (nSPS) is 10.6. The zero-order chi connectivity index (χ0) is 13.0. The van der Waals surface area contributed by atoms with Gasteiger partial charge in [-0.15, -0.1) is 0 Å². The van der Waals surface area contributed by atoms with Crippen LogP contribution in [0.5, 0.6) is 0 Å². The summed E-state index contributed by atoms with van der Waals surface area (Å²) in [4.78, 5) is 19.0. The van der Waals surface area contributed by atoms with Crippen LogP contribution in [0.1, 0.15) is 29.7 Å². The first-order valence-electron chi connectivity index (χ1n) is 5.83. The molecule has 0 bridgehead atoms. The lowest BCUT2D eigenvalue weighted by atomic mass is 10.3. The molecule has 2 rings (SSSR count). The van der Waals surface area contributed by atoms with Gasteiger partial charge in [-0.1, -0.05) is 18.5 Å². The van der Waals surface area contributed by atoms with E-state index in [0.29, 0.717) is 17.3 Å². The second-order valence-electron chi connectivity index (χ2n) is 3.96. The summed E-state index contributed by atoms with van der Waals surface area (Å²) in [5.41, 5.74) is 0.577. The number of aromatic amines is 1. The molecule has 18 heavy (non-hydrogen) atoms. The van der Waals surface area contributed by atoms with E-state index in [1.807, 2.05) is 4.57 Å². The van der Waals surface area contributed by atoms with Gasteiger partial charge in [0.1, 0.15) is 11.5 Å². The highest BCUT2D eigenvalue weighted by Gasteiger charge is 2.12. The number of imidazole rings is 1. The van der Waals surface area contributed by atoms with Crippen molar-refractivity contribution in [1.82, 2.24) is 19.9 Å². The number of aryl methyl sites for hydroxylation is 1. The number of aromatic nitrogens is 3. The number of rotatable bonds is 5. The van der Waals surface area contributed by atoms with E-state index in [1.54, 1.807) is 24.7 Å². The number of carbonyl (C=O) groups excluding carboxylic acids is 1. The maximum absolute atomic E-state index is 12.0. The average molecular weight is 267 g/mol. The van der Waals surface area contributed by atoms with Gasteiger partial charge in [0, 0.05) is 25.1 Å². The van der Waals surface area contributed by atoms with E-state index in [-0.39, 0.29) is 5.91 Å². The molecule has 0 atom stereocenters. The summed E-state index contributed by atoms with van der Waals surface area (Å²) >= 11 is 5.93. The van der Waals surface area contributed by atoms with Crippen LogP contribution in [-0.2, 0) is 13.1 Å². The van der Waals surface area contributed by atoms with E-state index in [9.17, 15) is 4.79 Å². The van der Waals surface area contributed by atoms with E-state index in [1.165, 1.54) is 0 Å². The van der Waals surface area contributed by atoms with Crippen molar-refractivity contribution < 1.29 is 4.79 Å². The molecule has 0 aliphatic heterocycles. The molecule has 5 nitrogen and oxygen atoms in total. The Balaban J connectivity index is 2.03. The monoisotopic (exact) mass is 266 g/mol. The van der Waals surface area contributed by atoms with Crippen LogP contribution in [0, 0.1) is 0 Å². The molecule has 2 N–H and O–H groups in total. The highest BCUT2D eigenvalue weighted by Crippen LogP contribution is 2.14. The molecule has 0 saturated carbocycles. The lowest BCUT2D eigenvalue weighted by Gasteiger charge is -2.07. The van der Waals surface area contributed by atoms with Crippen molar-refractivity contribution in [2.24, 2.45) is 0 Å². The predicted octanol–water partition coefficient (Wildman–Crippen LogP) is 2.20. The fraction of sp³-hybridized carbons (Fsp3) is 0.333. The van der Waals surface area contributed by atoms with Crippen LogP contribution in [0.15, 0.2) is 24.7 Å². The van der Waals surface area contributed by atoms with Crippen molar-refractivity contribution in [3.05, 3.63) is 41.2 Å². The molecular formula is C12H15ClN4O. The Hall–Kier alpha value is -1.75. The van der Waals surface area contributed by atoms with E-state index in [0.717, 1.165) is 18.8 Å². The molecule has 0 aromatic carbocycles. The topological polar surface area (TPSA) is 62.7 Å². The maximum atomic E-state index is 12.0. The second-order valence-corrected chi connectivity index (χ2v) is 4.39. The average Bonchev–Trinajstić information content (AvgIpc) is 2.96. The quantitative estimate of drug-likeness (QED) is 0.872. The lowest BCUT2D eigenvalue weighted by Crippen LogP contribution is -2.25. The van der Waals surface area contributed by atoms with Crippen molar-refractivity contribution in [1.29, 1.82) is 0 Å². The second kappa shape index (κ2) is 5.73. The first kappa shape index (κ1) is 12.7. The Kier molecular flexibility index (Phi) is 4.04. The molecule has 0 aliphatic carbocycles. The summed E-state index contributed by atoms with van der Waals surface area (Å²) in [6.07, 6.45) is 6.09. The zero-order valence-electron chi connectivity index (χ0n) is 10.1. The lowest BCUT2D eigenvalue weighted by molar-refractivity contribution is 0.0940. The summed E-state index contributed by atoms with van der Waals surface area (Å²) in [7, 11) is 0. The minimum absolute atomic E-state index is 0.147. The molecule has 96 valence electrons. The molecule has 0 fully saturated rings. The standard InChI is InChI=1S/C12H15ClN4O/c1-2-5-17-8-9(13)6-10(17)12(18)16-7-11-14-3-4-15-11/h3-4,6,8H,2,5,7H2,1H3,(H,14,15)(H,16,18). The fourth-order valence-corrected chi connectivity index (χ4v) is 1.96. The highest BCUT2D eigenvalue weighted by atomic mass is 35.5. The van der Waals surface area contributed by atoms with Gasteiger partial charge in [-0.05, 0) is 12.5 Å². The molecule has 0 unspecified atom stereocenters. The smallest absolute Gasteiger partial charge is 0.268 e. The van der Waals surface area contributed by atoms with Crippen molar-refractivity contribution in [3.63, 3.8) is 0 Å². The van der Waals surface area contributed by atoms with Crippen molar-refractivity contribution in [3.8, 4) is 0 Å². The molecule has 0 aliphatic rings. The van der Waals surface area contributed by atoms with Crippen LogP contribution in [0.25, 0.3) is 0 Å². The van der Waals surface area contributed by atoms with Gasteiger partial charge in [0.25, 0.3) is 5.91 Å². The third-order valence-corrected chi connectivity index (χ3v) is 2.74. The summed E-state index contributed by atoms with van der Waals surface area (Å²) in [5.74, 6) is 0.579. The molecule has 0 saturated heterocycles.